The monoisotopic (exact) mass is 598 g/mol. The van der Waals surface area contributed by atoms with Crippen molar-refractivity contribution in [2.24, 2.45) is 0 Å². The highest BCUT2D eigenvalue weighted by molar-refractivity contribution is 5.92. The van der Waals surface area contributed by atoms with Gasteiger partial charge in [0, 0.05) is 32.5 Å². The number of aryl methyl sites for hydroxylation is 1. The van der Waals surface area contributed by atoms with Gasteiger partial charge in [0.1, 0.15) is 12.0 Å². The number of nitrogens with one attached hydrogen (secondary N) is 2. The van der Waals surface area contributed by atoms with Crippen molar-refractivity contribution in [3.05, 3.63) is 119 Å². The summed E-state index contributed by atoms with van der Waals surface area (Å²) in [5.74, 6) is 0.0707. The third-order valence-electron chi connectivity index (χ3n) is 7.34. The number of phenolic OH excluding ortho intramolecular Hbond substituents is 1. The van der Waals surface area contributed by atoms with Gasteiger partial charge in [0.15, 0.2) is 11.6 Å². The molecule has 1 aromatic heterocycles. The number of carbonyl (C=O) groups excluding carboxylic acids is 2. The van der Waals surface area contributed by atoms with Crippen LogP contribution in [0.5, 0.6) is 5.75 Å². The van der Waals surface area contributed by atoms with Gasteiger partial charge < -0.3 is 30.2 Å². The highest BCUT2D eigenvalue weighted by Crippen LogP contribution is 2.23. The molecular weight excluding hydrogens is 560 g/mol. The number of nitrogens with zero attached hydrogens (tertiary/aromatic N) is 2. The molecule has 1 heterocycles. The second-order valence-corrected chi connectivity index (χ2v) is 10.5. The molecule has 230 valence electrons. The van der Waals surface area contributed by atoms with E-state index in [1.54, 1.807) is 4.90 Å². The minimum atomic E-state index is -1.09. The summed E-state index contributed by atoms with van der Waals surface area (Å²) in [6.45, 7) is 2.77. The predicted molar refractivity (Wildman–Crippen MR) is 165 cm³/mol. The zero-order valence-corrected chi connectivity index (χ0v) is 24.7. The number of benzene rings is 3. The molecule has 10 nitrogen and oxygen atoms in total. The maximum Gasteiger partial charge on any atom is 0.404 e. The average Bonchev–Trinajstić information content (AvgIpc) is 3.51. The first kappa shape index (κ1) is 31.8. The quantitative estimate of drug-likeness (QED) is 0.137. The van der Waals surface area contributed by atoms with Crippen LogP contribution in [-0.4, -0.2) is 57.6 Å². The van der Waals surface area contributed by atoms with Crippen LogP contribution < -0.4 is 10.6 Å². The van der Waals surface area contributed by atoms with Crippen molar-refractivity contribution in [1.82, 2.24) is 20.5 Å². The summed E-state index contributed by atoms with van der Waals surface area (Å²) in [7, 11) is 0. The van der Waals surface area contributed by atoms with Crippen molar-refractivity contribution >= 4 is 17.9 Å². The van der Waals surface area contributed by atoms with Gasteiger partial charge >= 0.3 is 6.09 Å². The molecule has 4 aromatic rings. The number of aromatic hydroxyl groups is 1. The molecule has 4 N–H and O–H groups in total. The Morgan fingerprint density at radius 1 is 0.886 bits per heavy atom. The first-order chi connectivity index (χ1) is 21.3. The van der Waals surface area contributed by atoms with E-state index in [0.29, 0.717) is 44.7 Å². The van der Waals surface area contributed by atoms with Gasteiger partial charge in [-0.05, 0) is 48.4 Å². The molecule has 0 aliphatic heterocycles. The molecule has 0 aliphatic rings. The lowest BCUT2D eigenvalue weighted by Gasteiger charge is -2.23. The van der Waals surface area contributed by atoms with Crippen LogP contribution in [-0.2, 0) is 17.6 Å². The number of carboxylic acid groups (broad SMARTS) is 1. The van der Waals surface area contributed by atoms with E-state index in [2.05, 4.69) is 15.6 Å². The summed E-state index contributed by atoms with van der Waals surface area (Å²) in [5.41, 5.74) is 3.52. The van der Waals surface area contributed by atoms with Crippen molar-refractivity contribution < 1.29 is 29.0 Å². The van der Waals surface area contributed by atoms with Gasteiger partial charge in [0.2, 0.25) is 5.91 Å². The molecule has 0 aliphatic carbocycles. The van der Waals surface area contributed by atoms with Crippen LogP contribution in [0.15, 0.2) is 89.5 Å². The highest BCUT2D eigenvalue weighted by atomic mass is 16.4. The number of unbranched alkanes of at least 4 members (excludes halogenated alkanes) is 1. The van der Waals surface area contributed by atoms with E-state index >= 15 is 0 Å². The Balaban J connectivity index is 1.40. The van der Waals surface area contributed by atoms with E-state index in [9.17, 15) is 19.5 Å². The number of phenols is 1. The molecule has 4 rings (SSSR count). The van der Waals surface area contributed by atoms with Gasteiger partial charge in [-0.3, -0.25) is 9.59 Å². The molecule has 3 amide bonds. The van der Waals surface area contributed by atoms with Crippen LogP contribution in [0.4, 0.5) is 4.79 Å². The predicted octanol–water partition coefficient (Wildman–Crippen LogP) is 5.26. The third-order valence-corrected chi connectivity index (χ3v) is 7.34. The van der Waals surface area contributed by atoms with Crippen molar-refractivity contribution in [1.29, 1.82) is 0 Å². The fraction of sp³-hybridized carbons (Fsp3) is 0.294. The maximum absolute atomic E-state index is 13.2. The number of para-hydroxylation sites is 1. The summed E-state index contributed by atoms with van der Waals surface area (Å²) in [5, 5.41) is 24.6. The normalized spacial score (nSPS) is 10.9. The van der Waals surface area contributed by atoms with Crippen molar-refractivity contribution in [3.63, 3.8) is 0 Å². The SMILES string of the molecule is Cc1cccc(CCN(CCc2nc(C(=O)NC(c3ccccc3)c3ccccc3)co2)C(=O)CCCCNC(=O)O)c1O. The molecule has 3 aromatic carbocycles. The molecule has 0 spiro atoms. The van der Waals surface area contributed by atoms with Crippen LogP contribution >= 0.6 is 0 Å². The fourth-order valence-corrected chi connectivity index (χ4v) is 4.91. The molecule has 0 saturated heterocycles. The van der Waals surface area contributed by atoms with E-state index in [1.807, 2.05) is 85.8 Å². The number of hydrogen-bond acceptors (Lipinski definition) is 6. The smallest absolute Gasteiger partial charge is 0.404 e. The van der Waals surface area contributed by atoms with E-state index in [4.69, 9.17) is 9.52 Å². The molecular formula is C34H38N4O6. The summed E-state index contributed by atoms with van der Waals surface area (Å²) in [4.78, 5) is 43.2. The molecule has 0 bridgehead atoms. The van der Waals surface area contributed by atoms with Gasteiger partial charge in [-0.15, -0.1) is 0 Å². The Kier molecular flexibility index (Phi) is 11.5. The van der Waals surface area contributed by atoms with E-state index in [0.717, 1.165) is 22.3 Å². The third kappa shape index (κ3) is 9.19. The maximum atomic E-state index is 13.2. The second kappa shape index (κ2) is 15.9. The topological polar surface area (TPSA) is 145 Å². The fourth-order valence-electron chi connectivity index (χ4n) is 4.91. The van der Waals surface area contributed by atoms with Gasteiger partial charge in [-0.2, -0.15) is 0 Å². The minimum absolute atomic E-state index is 0.0921. The van der Waals surface area contributed by atoms with Crippen LogP contribution in [0.3, 0.4) is 0 Å². The van der Waals surface area contributed by atoms with Crippen molar-refractivity contribution in [3.8, 4) is 5.75 Å². The van der Waals surface area contributed by atoms with Crippen molar-refractivity contribution in [2.75, 3.05) is 19.6 Å². The van der Waals surface area contributed by atoms with Gasteiger partial charge in [-0.25, -0.2) is 9.78 Å². The zero-order valence-electron chi connectivity index (χ0n) is 24.7. The summed E-state index contributed by atoms with van der Waals surface area (Å²) in [6.07, 6.45) is 2.30. The van der Waals surface area contributed by atoms with Crippen LogP contribution in [0, 0.1) is 6.92 Å². The number of amides is 3. The molecule has 0 saturated carbocycles. The summed E-state index contributed by atoms with van der Waals surface area (Å²) < 4.78 is 5.63. The number of aromatic nitrogens is 1. The van der Waals surface area contributed by atoms with E-state index in [1.165, 1.54) is 6.26 Å². The molecule has 0 radical (unpaired) electrons. The number of oxazole rings is 1. The van der Waals surface area contributed by atoms with Crippen molar-refractivity contribution in [2.45, 2.75) is 45.1 Å². The lowest BCUT2D eigenvalue weighted by molar-refractivity contribution is -0.131. The second-order valence-electron chi connectivity index (χ2n) is 10.5. The van der Waals surface area contributed by atoms with Crippen LogP contribution in [0.2, 0.25) is 0 Å². The van der Waals surface area contributed by atoms with Gasteiger partial charge in [0.05, 0.1) is 6.04 Å². The zero-order chi connectivity index (χ0) is 31.3. The minimum Gasteiger partial charge on any atom is -0.507 e. The van der Waals surface area contributed by atoms with Crippen LogP contribution in [0.1, 0.15) is 63.9 Å². The molecule has 10 heteroatoms. The van der Waals surface area contributed by atoms with Gasteiger partial charge in [0.25, 0.3) is 5.91 Å². The Hall–Kier alpha value is -5.12. The molecule has 0 atom stereocenters. The number of rotatable bonds is 15. The van der Waals surface area contributed by atoms with E-state index < -0.39 is 6.09 Å². The Bertz CT molecular complexity index is 1480. The lowest BCUT2D eigenvalue weighted by atomic mass is 9.98. The Morgan fingerprint density at radius 2 is 1.55 bits per heavy atom. The van der Waals surface area contributed by atoms with Gasteiger partial charge in [-0.1, -0.05) is 78.9 Å². The van der Waals surface area contributed by atoms with Crippen LogP contribution in [0.25, 0.3) is 0 Å². The Labute approximate surface area is 256 Å². The first-order valence-corrected chi connectivity index (χ1v) is 14.7. The average molecular weight is 599 g/mol. The van der Waals surface area contributed by atoms with E-state index in [-0.39, 0.29) is 42.3 Å². The summed E-state index contributed by atoms with van der Waals surface area (Å²) in [6, 6.07) is 24.5. The lowest BCUT2D eigenvalue weighted by Crippen LogP contribution is -2.35. The molecule has 0 fully saturated rings. The standard InChI is InChI=1S/C34H38N4O6/c1-24-11-10-16-27(32(24)40)18-21-38(30(39)17-8-9-20-35-34(42)43)22-19-29-36-28(23-44-29)33(41)37-31(25-12-4-2-5-13-25)26-14-6-3-7-15-26/h2-7,10-16,23,31,35,40H,8-9,17-22H2,1H3,(H,37,41)(H,42,43). The highest BCUT2D eigenvalue weighted by Gasteiger charge is 2.21. The Morgan fingerprint density at radius 3 is 2.20 bits per heavy atom. The number of carbonyl (C=O) groups is 3. The first-order valence-electron chi connectivity index (χ1n) is 14.7. The molecule has 44 heavy (non-hydrogen) atoms. The molecule has 0 unspecified atom stereocenters. The summed E-state index contributed by atoms with van der Waals surface area (Å²) >= 11 is 0. The largest absolute Gasteiger partial charge is 0.507 e. The number of hydrogen-bond donors (Lipinski definition) is 4.